The molecule has 0 aromatic heterocycles. The molecule has 1 rings (SSSR count). The quantitative estimate of drug-likeness (QED) is 0.907. The summed E-state index contributed by atoms with van der Waals surface area (Å²) in [6.07, 6.45) is 0. The van der Waals surface area contributed by atoms with Gasteiger partial charge < -0.3 is 5.11 Å². The second-order valence-corrected chi connectivity index (χ2v) is 7.86. The highest BCUT2D eigenvalue weighted by Gasteiger charge is 2.26. The van der Waals surface area contributed by atoms with Crippen molar-refractivity contribution < 1.29 is 13.5 Å². The van der Waals surface area contributed by atoms with E-state index < -0.39 is 10.0 Å². The molecule has 0 aliphatic rings. The highest BCUT2D eigenvalue weighted by molar-refractivity contribution is 7.89. The Hall–Kier alpha value is -0.910. The Morgan fingerprint density at radius 3 is 2.30 bits per heavy atom. The van der Waals surface area contributed by atoms with Gasteiger partial charge in [-0.2, -0.15) is 4.31 Å². The van der Waals surface area contributed by atoms with Crippen LogP contribution in [-0.2, 0) is 15.4 Å². The Bertz CT molecular complexity index is 559. The van der Waals surface area contributed by atoms with Gasteiger partial charge in [0, 0.05) is 13.1 Å². The molecule has 114 valence electrons. The minimum atomic E-state index is -3.55. The van der Waals surface area contributed by atoms with Gasteiger partial charge in [0.25, 0.3) is 0 Å². The Kier molecular flexibility index (Phi) is 5.35. The van der Waals surface area contributed by atoms with Crippen LogP contribution in [0.25, 0.3) is 0 Å². The molecule has 0 heterocycles. The molecular weight excluding hydrogens is 274 g/mol. The SMILES string of the molecule is CCN(CCO)S(=O)(=O)c1cc(C(C)(C)C)ccc1C. The molecule has 1 aromatic carbocycles. The van der Waals surface area contributed by atoms with E-state index in [9.17, 15) is 8.42 Å². The summed E-state index contributed by atoms with van der Waals surface area (Å²) < 4.78 is 26.6. The monoisotopic (exact) mass is 299 g/mol. The molecule has 0 unspecified atom stereocenters. The van der Waals surface area contributed by atoms with E-state index in [1.165, 1.54) is 4.31 Å². The molecular formula is C15H25NO3S. The third-order valence-electron chi connectivity index (χ3n) is 3.37. The number of aliphatic hydroxyl groups is 1. The van der Waals surface area contributed by atoms with Crippen LogP contribution >= 0.6 is 0 Å². The predicted molar refractivity (Wildman–Crippen MR) is 81.4 cm³/mol. The maximum atomic E-state index is 12.7. The van der Waals surface area contributed by atoms with Crippen molar-refractivity contribution in [2.24, 2.45) is 0 Å². The highest BCUT2D eigenvalue weighted by atomic mass is 32.2. The van der Waals surface area contributed by atoms with Crippen molar-refractivity contribution in [2.75, 3.05) is 19.7 Å². The van der Waals surface area contributed by atoms with E-state index in [-0.39, 0.29) is 18.6 Å². The summed E-state index contributed by atoms with van der Waals surface area (Å²) in [5, 5.41) is 9.03. The minimum Gasteiger partial charge on any atom is -0.395 e. The average Bonchev–Trinajstić information content (AvgIpc) is 2.34. The maximum absolute atomic E-state index is 12.7. The van der Waals surface area contributed by atoms with Gasteiger partial charge in [-0.3, -0.25) is 0 Å². The van der Waals surface area contributed by atoms with E-state index >= 15 is 0 Å². The summed E-state index contributed by atoms with van der Waals surface area (Å²) in [6.45, 7) is 10.0. The fraction of sp³-hybridized carbons (Fsp3) is 0.600. The molecule has 0 saturated carbocycles. The molecule has 0 amide bonds. The van der Waals surface area contributed by atoms with Crippen molar-refractivity contribution in [1.82, 2.24) is 4.31 Å². The second-order valence-electron chi connectivity index (χ2n) is 5.95. The Morgan fingerprint density at radius 2 is 1.85 bits per heavy atom. The van der Waals surface area contributed by atoms with Crippen LogP contribution in [0.15, 0.2) is 23.1 Å². The summed E-state index contributed by atoms with van der Waals surface area (Å²) in [5.41, 5.74) is 1.61. The first-order valence-corrected chi connectivity index (χ1v) is 8.30. The zero-order chi connectivity index (χ0) is 15.6. The van der Waals surface area contributed by atoms with Gasteiger partial charge in [-0.1, -0.05) is 39.8 Å². The fourth-order valence-electron chi connectivity index (χ4n) is 2.04. The smallest absolute Gasteiger partial charge is 0.243 e. The van der Waals surface area contributed by atoms with Crippen LogP contribution in [0.3, 0.4) is 0 Å². The topological polar surface area (TPSA) is 57.6 Å². The second kappa shape index (κ2) is 6.24. The van der Waals surface area contributed by atoms with Crippen LogP contribution in [-0.4, -0.2) is 37.5 Å². The third-order valence-corrected chi connectivity index (χ3v) is 5.49. The van der Waals surface area contributed by atoms with Crippen molar-refractivity contribution in [3.63, 3.8) is 0 Å². The normalized spacial score (nSPS) is 12.9. The molecule has 0 radical (unpaired) electrons. The first-order valence-electron chi connectivity index (χ1n) is 6.86. The van der Waals surface area contributed by atoms with Crippen LogP contribution in [0.4, 0.5) is 0 Å². The number of likely N-dealkylation sites (N-methyl/N-ethyl adjacent to an activating group) is 1. The molecule has 20 heavy (non-hydrogen) atoms. The Morgan fingerprint density at radius 1 is 1.25 bits per heavy atom. The van der Waals surface area contributed by atoms with Gasteiger partial charge in [0.2, 0.25) is 10.0 Å². The van der Waals surface area contributed by atoms with Crippen LogP contribution in [0.2, 0.25) is 0 Å². The van der Waals surface area contributed by atoms with Gasteiger partial charge in [0.15, 0.2) is 0 Å². The van der Waals surface area contributed by atoms with E-state index in [0.29, 0.717) is 11.4 Å². The molecule has 0 aliphatic carbocycles. The van der Waals surface area contributed by atoms with Crippen LogP contribution in [0, 0.1) is 6.92 Å². The lowest BCUT2D eigenvalue weighted by Gasteiger charge is -2.24. The van der Waals surface area contributed by atoms with Gasteiger partial charge in [-0.05, 0) is 29.5 Å². The zero-order valence-electron chi connectivity index (χ0n) is 13.0. The zero-order valence-corrected chi connectivity index (χ0v) is 13.8. The van der Waals surface area contributed by atoms with E-state index in [1.807, 2.05) is 12.1 Å². The number of benzene rings is 1. The lowest BCUT2D eigenvalue weighted by molar-refractivity contribution is 0.257. The third kappa shape index (κ3) is 3.59. The molecule has 5 heteroatoms. The number of hydrogen-bond donors (Lipinski definition) is 1. The number of rotatable bonds is 5. The van der Waals surface area contributed by atoms with E-state index in [4.69, 9.17) is 5.11 Å². The first-order chi connectivity index (χ1) is 9.14. The van der Waals surface area contributed by atoms with Crippen molar-refractivity contribution in [3.8, 4) is 0 Å². The lowest BCUT2D eigenvalue weighted by Crippen LogP contribution is -2.34. The van der Waals surface area contributed by atoms with Gasteiger partial charge in [-0.15, -0.1) is 0 Å². The molecule has 1 N–H and O–H groups in total. The standard InChI is InChI=1S/C15H25NO3S/c1-6-16(9-10-17)20(18,19)14-11-13(15(3,4)5)8-7-12(14)2/h7-8,11,17H,6,9-10H2,1-5H3. The van der Waals surface area contributed by atoms with Crippen molar-refractivity contribution >= 4 is 10.0 Å². The van der Waals surface area contributed by atoms with Gasteiger partial charge in [0.05, 0.1) is 11.5 Å². The molecule has 4 nitrogen and oxygen atoms in total. The molecule has 0 saturated heterocycles. The average molecular weight is 299 g/mol. The fourth-order valence-corrected chi connectivity index (χ4v) is 3.73. The largest absolute Gasteiger partial charge is 0.395 e. The molecule has 0 atom stereocenters. The number of aryl methyl sites for hydroxylation is 1. The predicted octanol–water partition coefficient (Wildman–Crippen LogP) is 2.30. The van der Waals surface area contributed by atoms with E-state index in [1.54, 1.807) is 19.9 Å². The van der Waals surface area contributed by atoms with Crippen LogP contribution in [0.5, 0.6) is 0 Å². The van der Waals surface area contributed by atoms with E-state index in [0.717, 1.165) is 11.1 Å². The number of aliphatic hydroxyl groups excluding tert-OH is 1. The number of sulfonamides is 1. The molecule has 0 fully saturated rings. The van der Waals surface area contributed by atoms with Crippen molar-refractivity contribution in [3.05, 3.63) is 29.3 Å². The summed E-state index contributed by atoms with van der Waals surface area (Å²) in [7, 11) is -3.55. The van der Waals surface area contributed by atoms with Gasteiger partial charge in [0.1, 0.15) is 0 Å². The number of nitrogens with zero attached hydrogens (tertiary/aromatic N) is 1. The molecule has 0 spiro atoms. The maximum Gasteiger partial charge on any atom is 0.243 e. The van der Waals surface area contributed by atoms with Crippen LogP contribution in [0.1, 0.15) is 38.8 Å². The van der Waals surface area contributed by atoms with Crippen LogP contribution < -0.4 is 0 Å². The first kappa shape index (κ1) is 17.1. The van der Waals surface area contributed by atoms with Gasteiger partial charge in [-0.25, -0.2) is 8.42 Å². The Labute approximate surface area is 122 Å². The number of hydrogen-bond acceptors (Lipinski definition) is 3. The lowest BCUT2D eigenvalue weighted by atomic mass is 9.87. The molecule has 1 aromatic rings. The molecule has 0 bridgehead atoms. The Balaban J connectivity index is 3.37. The van der Waals surface area contributed by atoms with E-state index in [2.05, 4.69) is 20.8 Å². The summed E-state index contributed by atoms with van der Waals surface area (Å²) in [6, 6.07) is 5.57. The summed E-state index contributed by atoms with van der Waals surface area (Å²) in [4.78, 5) is 0.334. The van der Waals surface area contributed by atoms with Crippen molar-refractivity contribution in [1.29, 1.82) is 0 Å². The summed E-state index contributed by atoms with van der Waals surface area (Å²) in [5.74, 6) is 0. The summed E-state index contributed by atoms with van der Waals surface area (Å²) >= 11 is 0. The van der Waals surface area contributed by atoms with Gasteiger partial charge >= 0.3 is 0 Å². The van der Waals surface area contributed by atoms with Crippen molar-refractivity contribution in [2.45, 2.75) is 44.9 Å². The highest BCUT2D eigenvalue weighted by Crippen LogP contribution is 2.28. The molecule has 0 aliphatic heterocycles. The minimum absolute atomic E-state index is 0.105.